The van der Waals surface area contributed by atoms with E-state index in [0.29, 0.717) is 23.7 Å². The molecule has 154 valence electrons. The molecule has 3 aromatic rings. The summed E-state index contributed by atoms with van der Waals surface area (Å²) in [7, 11) is 0. The van der Waals surface area contributed by atoms with Gasteiger partial charge in [-0.3, -0.25) is 9.78 Å². The first-order chi connectivity index (χ1) is 14.5. The molecule has 1 heterocycles. The average Bonchev–Trinajstić information content (AvgIpc) is 3.56. The van der Waals surface area contributed by atoms with Crippen LogP contribution in [0, 0.1) is 12.8 Å². The van der Waals surface area contributed by atoms with Crippen molar-refractivity contribution in [1.82, 2.24) is 10.3 Å². The highest BCUT2D eigenvalue weighted by Gasteiger charge is 2.23. The molecule has 3 N–H and O–H groups in total. The van der Waals surface area contributed by atoms with Crippen LogP contribution in [-0.4, -0.2) is 10.9 Å². The van der Waals surface area contributed by atoms with E-state index >= 15 is 0 Å². The highest BCUT2D eigenvalue weighted by Crippen LogP contribution is 2.35. The molecule has 0 saturated heterocycles. The number of halogens is 1. The lowest BCUT2D eigenvalue weighted by atomic mass is 9.95. The van der Waals surface area contributed by atoms with Gasteiger partial charge in [-0.15, -0.1) is 0 Å². The van der Waals surface area contributed by atoms with Crippen molar-refractivity contribution in [2.24, 2.45) is 11.7 Å². The zero-order chi connectivity index (χ0) is 21.1. The maximum absolute atomic E-state index is 12.9. The van der Waals surface area contributed by atoms with Gasteiger partial charge in [-0.05, 0) is 90.3 Å². The highest BCUT2D eigenvalue weighted by molar-refractivity contribution is 6.30. The number of rotatable bonds is 7. The fraction of sp³-hybridized carbons (Fsp3) is 0.280. The predicted octanol–water partition coefficient (Wildman–Crippen LogP) is 5.05. The van der Waals surface area contributed by atoms with Gasteiger partial charge in [0.1, 0.15) is 0 Å². The molecule has 4 rings (SSSR count). The van der Waals surface area contributed by atoms with E-state index in [4.69, 9.17) is 17.3 Å². The Hall–Kier alpha value is -2.69. The van der Waals surface area contributed by atoms with Crippen molar-refractivity contribution in [3.05, 3.63) is 87.7 Å². The van der Waals surface area contributed by atoms with Crippen molar-refractivity contribution in [3.8, 4) is 11.1 Å². The molecule has 0 unspecified atom stereocenters. The largest absolute Gasteiger partial charge is 0.348 e. The minimum Gasteiger partial charge on any atom is -0.348 e. The summed E-state index contributed by atoms with van der Waals surface area (Å²) >= 11 is 6.11. The number of hydrogen-bond acceptors (Lipinski definition) is 3. The van der Waals surface area contributed by atoms with Crippen LogP contribution in [0.1, 0.15) is 45.5 Å². The molecule has 1 fully saturated rings. The van der Waals surface area contributed by atoms with Gasteiger partial charge in [-0.1, -0.05) is 23.7 Å². The van der Waals surface area contributed by atoms with Crippen molar-refractivity contribution in [3.63, 3.8) is 0 Å². The van der Waals surface area contributed by atoms with Gasteiger partial charge in [0, 0.05) is 41.6 Å². The standard InChI is InChI=1S/C25H26ClN3O/c1-16-8-20(24-15-28-7-6-18(24)10-17-2-3-17)11-21(9-16)25(30)29-14-22-12-23(26)5-4-19(22)13-27/h4-9,11-12,15,17H,2-3,10,13-14,27H2,1H3,(H,29,30). The average molecular weight is 420 g/mol. The van der Waals surface area contributed by atoms with Crippen molar-refractivity contribution >= 4 is 17.5 Å². The van der Waals surface area contributed by atoms with Gasteiger partial charge in [-0.2, -0.15) is 0 Å². The highest BCUT2D eigenvalue weighted by atomic mass is 35.5. The summed E-state index contributed by atoms with van der Waals surface area (Å²) in [6.45, 7) is 2.80. The number of hydrogen-bond donors (Lipinski definition) is 2. The van der Waals surface area contributed by atoms with Crippen molar-refractivity contribution in [1.29, 1.82) is 0 Å². The number of aryl methyl sites for hydroxylation is 1. The van der Waals surface area contributed by atoms with Gasteiger partial charge < -0.3 is 11.1 Å². The van der Waals surface area contributed by atoms with E-state index in [1.807, 2.05) is 49.6 Å². The van der Waals surface area contributed by atoms with Crippen LogP contribution in [-0.2, 0) is 19.5 Å². The Labute approximate surface area is 182 Å². The molecule has 0 spiro atoms. The number of benzene rings is 2. The summed E-state index contributed by atoms with van der Waals surface area (Å²) in [5.74, 6) is 0.670. The molecule has 1 amide bonds. The normalized spacial score (nSPS) is 13.3. The summed E-state index contributed by atoms with van der Waals surface area (Å²) < 4.78 is 0. The number of nitrogens with zero attached hydrogens (tertiary/aromatic N) is 1. The quantitative estimate of drug-likeness (QED) is 0.563. The Balaban J connectivity index is 1.56. The number of carbonyl (C=O) groups is 1. The van der Waals surface area contributed by atoms with Crippen LogP contribution >= 0.6 is 11.6 Å². The predicted molar refractivity (Wildman–Crippen MR) is 121 cm³/mol. The minimum atomic E-state index is -0.115. The molecular formula is C25H26ClN3O. The second-order valence-corrected chi connectivity index (χ2v) is 8.50. The first-order valence-electron chi connectivity index (χ1n) is 10.3. The van der Waals surface area contributed by atoms with E-state index in [0.717, 1.165) is 40.2 Å². The van der Waals surface area contributed by atoms with Gasteiger partial charge in [0.25, 0.3) is 5.91 Å². The fourth-order valence-electron chi connectivity index (χ4n) is 3.80. The summed E-state index contributed by atoms with van der Waals surface area (Å²) in [6, 6.07) is 13.7. The monoisotopic (exact) mass is 419 g/mol. The van der Waals surface area contributed by atoms with E-state index in [9.17, 15) is 4.79 Å². The number of nitrogens with two attached hydrogens (primary N) is 1. The van der Waals surface area contributed by atoms with Crippen molar-refractivity contribution in [2.45, 2.75) is 39.3 Å². The molecule has 2 aromatic carbocycles. The maximum Gasteiger partial charge on any atom is 0.251 e. The topological polar surface area (TPSA) is 68.0 Å². The first kappa shape index (κ1) is 20.6. The summed E-state index contributed by atoms with van der Waals surface area (Å²) in [5, 5.41) is 3.64. The minimum absolute atomic E-state index is 0.115. The Morgan fingerprint density at radius 1 is 1.13 bits per heavy atom. The number of aromatic nitrogens is 1. The Kier molecular flexibility index (Phi) is 6.16. The third kappa shape index (κ3) is 4.89. The molecule has 1 aliphatic rings. The van der Waals surface area contributed by atoms with Crippen LogP contribution in [0.3, 0.4) is 0 Å². The van der Waals surface area contributed by atoms with Gasteiger partial charge >= 0.3 is 0 Å². The molecule has 1 saturated carbocycles. The fourth-order valence-corrected chi connectivity index (χ4v) is 3.99. The lowest BCUT2D eigenvalue weighted by Crippen LogP contribution is -2.24. The second kappa shape index (κ2) is 8.99. The number of amides is 1. The van der Waals surface area contributed by atoms with E-state index in [2.05, 4.69) is 22.4 Å². The van der Waals surface area contributed by atoms with Gasteiger partial charge in [0.2, 0.25) is 0 Å². The van der Waals surface area contributed by atoms with E-state index < -0.39 is 0 Å². The zero-order valence-corrected chi connectivity index (χ0v) is 17.9. The van der Waals surface area contributed by atoms with Crippen LogP contribution in [0.5, 0.6) is 0 Å². The number of carbonyl (C=O) groups excluding carboxylic acids is 1. The first-order valence-corrected chi connectivity index (χ1v) is 10.7. The molecule has 0 aliphatic heterocycles. The SMILES string of the molecule is Cc1cc(C(=O)NCc2cc(Cl)ccc2CN)cc(-c2cnccc2CC2CC2)c1. The van der Waals surface area contributed by atoms with Crippen LogP contribution in [0.15, 0.2) is 54.9 Å². The van der Waals surface area contributed by atoms with Gasteiger partial charge in [-0.25, -0.2) is 0 Å². The summed E-state index contributed by atoms with van der Waals surface area (Å²) in [4.78, 5) is 17.3. The molecule has 5 heteroatoms. The lowest BCUT2D eigenvalue weighted by molar-refractivity contribution is 0.0951. The molecule has 0 atom stereocenters. The molecule has 1 aromatic heterocycles. The van der Waals surface area contributed by atoms with Crippen molar-refractivity contribution in [2.75, 3.05) is 0 Å². The zero-order valence-electron chi connectivity index (χ0n) is 17.1. The third-order valence-corrected chi connectivity index (χ3v) is 5.83. The molecule has 1 aliphatic carbocycles. The molecule has 30 heavy (non-hydrogen) atoms. The Bertz CT molecular complexity index is 1080. The smallest absolute Gasteiger partial charge is 0.251 e. The van der Waals surface area contributed by atoms with Crippen LogP contribution in [0.4, 0.5) is 0 Å². The third-order valence-electron chi connectivity index (χ3n) is 5.60. The summed E-state index contributed by atoms with van der Waals surface area (Å²) in [5.41, 5.74) is 12.9. The van der Waals surface area contributed by atoms with Gasteiger partial charge in [0.05, 0.1) is 0 Å². The van der Waals surface area contributed by atoms with Crippen LogP contribution in [0.25, 0.3) is 11.1 Å². The molecule has 4 nitrogen and oxygen atoms in total. The lowest BCUT2D eigenvalue weighted by Gasteiger charge is -2.13. The van der Waals surface area contributed by atoms with E-state index in [1.54, 1.807) is 0 Å². The van der Waals surface area contributed by atoms with E-state index in [-0.39, 0.29) is 5.91 Å². The maximum atomic E-state index is 12.9. The molecular weight excluding hydrogens is 394 g/mol. The van der Waals surface area contributed by atoms with E-state index in [1.165, 1.54) is 18.4 Å². The Morgan fingerprint density at radius 3 is 2.73 bits per heavy atom. The second-order valence-electron chi connectivity index (χ2n) is 8.07. The molecule has 0 radical (unpaired) electrons. The number of pyridine rings is 1. The van der Waals surface area contributed by atoms with Crippen molar-refractivity contribution < 1.29 is 4.79 Å². The number of nitrogens with one attached hydrogen (secondary N) is 1. The van der Waals surface area contributed by atoms with Gasteiger partial charge in [0.15, 0.2) is 0 Å². The molecule has 0 bridgehead atoms. The van der Waals surface area contributed by atoms with Crippen LogP contribution < -0.4 is 11.1 Å². The summed E-state index contributed by atoms with van der Waals surface area (Å²) in [6.07, 6.45) is 7.44. The Morgan fingerprint density at radius 2 is 1.97 bits per heavy atom. The van der Waals surface area contributed by atoms with Crippen LogP contribution in [0.2, 0.25) is 5.02 Å².